The number of halogens is 1. The number of hydrogen-bond donors (Lipinski definition) is 1. The lowest BCUT2D eigenvalue weighted by atomic mass is 9.69. The number of nitrogens with two attached hydrogens (primary N) is 1. The van der Waals surface area contributed by atoms with Crippen LogP contribution < -0.4 is 5.73 Å². The molecule has 1 aromatic carbocycles. The van der Waals surface area contributed by atoms with Gasteiger partial charge in [0.05, 0.1) is 0 Å². The molecule has 1 aliphatic rings. The summed E-state index contributed by atoms with van der Waals surface area (Å²) in [4.78, 5) is 2.44. The molecule has 0 saturated heterocycles. The smallest absolute Gasteiger partial charge is 0.0409 e. The summed E-state index contributed by atoms with van der Waals surface area (Å²) in [5.41, 5.74) is 7.73. The van der Waals surface area contributed by atoms with Crippen molar-refractivity contribution in [2.24, 2.45) is 17.1 Å². The Morgan fingerprint density at radius 3 is 2.86 bits per heavy atom. The summed E-state index contributed by atoms with van der Waals surface area (Å²) in [6, 6.07) is 8.56. The van der Waals surface area contributed by atoms with E-state index in [9.17, 15) is 0 Å². The summed E-state index contributed by atoms with van der Waals surface area (Å²) in [7, 11) is 2.21. The second-order valence-electron chi connectivity index (χ2n) is 7.05. The minimum atomic E-state index is 0.291. The summed E-state index contributed by atoms with van der Waals surface area (Å²) in [5, 5.41) is 0.813. The predicted octanol–water partition coefficient (Wildman–Crippen LogP) is 4.49. The first-order chi connectivity index (χ1) is 9.96. The van der Waals surface area contributed by atoms with Gasteiger partial charge in [0.1, 0.15) is 0 Å². The maximum absolute atomic E-state index is 6.16. The van der Waals surface area contributed by atoms with Crippen molar-refractivity contribution in [1.82, 2.24) is 4.90 Å². The summed E-state index contributed by atoms with van der Waals surface area (Å²) >= 11 is 6.12. The highest BCUT2D eigenvalue weighted by atomic mass is 35.5. The Balaban J connectivity index is 2.06. The number of hydrogen-bond acceptors (Lipinski definition) is 2. The van der Waals surface area contributed by atoms with Crippen LogP contribution in [-0.2, 0) is 0 Å². The first-order valence-corrected chi connectivity index (χ1v) is 8.49. The molecule has 21 heavy (non-hydrogen) atoms. The van der Waals surface area contributed by atoms with Gasteiger partial charge in [0.15, 0.2) is 0 Å². The molecule has 2 N–H and O–H groups in total. The van der Waals surface area contributed by atoms with E-state index in [-0.39, 0.29) is 0 Å². The van der Waals surface area contributed by atoms with Crippen LogP contribution in [0, 0.1) is 11.3 Å². The van der Waals surface area contributed by atoms with Crippen LogP contribution in [0.25, 0.3) is 0 Å². The van der Waals surface area contributed by atoms with Gasteiger partial charge in [0.2, 0.25) is 0 Å². The van der Waals surface area contributed by atoms with Crippen molar-refractivity contribution in [1.29, 1.82) is 0 Å². The van der Waals surface area contributed by atoms with Crippen molar-refractivity contribution in [2.45, 2.75) is 45.6 Å². The maximum Gasteiger partial charge on any atom is 0.0409 e. The predicted molar refractivity (Wildman–Crippen MR) is 91.6 cm³/mol. The fourth-order valence-corrected chi connectivity index (χ4v) is 4.05. The molecular weight excluding hydrogens is 280 g/mol. The molecule has 1 aromatic rings. The van der Waals surface area contributed by atoms with Crippen LogP contribution >= 0.6 is 11.6 Å². The zero-order valence-corrected chi connectivity index (χ0v) is 14.4. The summed E-state index contributed by atoms with van der Waals surface area (Å²) in [5.74, 6) is 0.803. The lowest BCUT2D eigenvalue weighted by molar-refractivity contribution is 0.0839. The average Bonchev–Trinajstić information content (AvgIpc) is 2.46. The highest BCUT2D eigenvalue weighted by molar-refractivity contribution is 6.30. The fraction of sp³-hybridized carbons (Fsp3) is 0.667. The molecule has 0 aliphatic heterocycles. The highest BCUT2D eigenvalue weighted by Crippen LogP contribution is 2.40. The van der Waals surface area contributed by atoms with Gasteiger partial charge < -0.3 is 5.73 Å². The van der Waals surface area contributed by atoms with E-state index < -0.39 is 0 Å². The molecule has 118 valence electrons. The van der Waals surface area contributed by atoms with Gasteiger partial charge in [-0.2, -0.15) is 0 Å². The largest absolute Gasteiger partial charge is 0.330 e. The average molecular weight is 309 g/mol. The normalized spacial score (nSPS) is 27.8. The van der Waals surface area contributed by atoms with E-state index in [0.29, 0.717) is 11.5 Å². The summed E-state index contributed by atoms with van der Waals surface area (Å²) in [6.07, 6.45) is 5.20. The van der Waals surface area contributed by atoms with E-state index in [1.54, 1.807) is 0 Å². The molecule has 1 aliphatic carbocycles. The molecule has 1 saturated carbocycles. The molecule has 0 radical (unpaired) electrons. The van der Waals surface area contributed by atoms with Crippen LogP contribution in [0.4, 0.5) is 0 Å². The van der Waals surface area contributed by atoms with Crippen LogP contribution in [0.2, 0.25) is 5.02 Å². The van der Waals surface area contributed by atoms with Gasteiger partial charge in [0, 0.05) is 17.6 Å². The topological polar surface area (TPSA) is 29.3 Å². The standard InChI is InChI=1S/C18H29ClN2/c1-14-6-5-9-18(11-14,12-20)13-21(3)15(2)16-7-4-8-17(19)10-16/h4,7-8,10,14-15H,5-6,9,11-13,20H2,1-3H3. The Labute approximate surface area is 134 Å². The Bertz CT molecular complexity index is 462. The molecule has 0 amide bonds. The minimum absolute atomic E-state index is 0.291. The van der Waals surface area contributed by atoms with Crippen LogP contribution in [0.5, 0.6) is 0 Å². The van der Waals surface area contributed by atoms with E-state index in [2.05, 4.69) is 37.9 Å². The fourth-order valence-electron chi connectivity index (χ4n) is 3.85. The number of nitrogens with zero attached hydrogens (tertiary/aromatic N) is 1. The van der Waals surface area contributed by atoms with Crippen LogP contribution in [0.1, 0.15) is 51.1 Å². The third kappa shape index (κ3) is 4.21. The van der Waals surface area contributed by atoms with Crippen molar-refractivity contribution in [3.05, 3.63) is 34.9 Å². The second kappa shape index (κ2) is 7.13. The summed E-state index contributed by atoms with van der Waals surface area (Å²) < 4.78 is 0. The minimum Gasteiger partial charge on any atom is -0.330 e. The first kappa shape index (κ1) is 16.8. The van der Waals surface area contributed by atoms with Gasteiger partial charge in [-0.25, -0.2) is 0 Å². The van der Waals surface area contributed by atoms with E-state index in [1.165, 1.54) is 31.2 Å². The molecular formula is C18H29ClN2. The van der Waals surface area contributed by atoms with Gasteiger partial charge >= 0.3 is 0 Å². The molecule has 2 nitrogen and oxygen atoms in total. The third-order valence-corrected chi connectivity index (χ3v) is 5.43. The van der Waals surface area contributed by atoms with Gasteiger partial charge in [0.25, 0.3) is 0 Å². The number of rotatable bonds is 5. The molecule has 3 unspecified atom stereocenters. The van der Waals surface area contributed by atoms with Crippen molar-refractivity contribution >= 4 is 11.6 Å². The summed E-state index contributed by atoms with van der Waals surface area (Å²) in [6.45, 7) is 6.48. The molecule has 0 bridgehead atoms. The first-order valence-electron chi connectivity index (χ1n) is 8.11. The molecule has 1 fully saturated rings. The van der Waals surface area contributed by atoms with Crippen molar-refractivity contribution in [3.8, 4) is 0 Å². The van der Waals surface area contributed by atoms with E-state index in [0.717, 1.165) is 24.0 Å². The Morgan fingerprint density at radius 2 is 2.24 bits per heavy atom. The lowest BCUT2D eigenvalue weighted by Gasteiger charge is -2.43. The molecule has 3 atom stereocenters. The van der Waals surface area contributed by atoms with Gasteiger partial charge in [-0.3, -0.25) is 4.90 Å². The van der Waals surface area contributed by atoms with Crippen LogP contribution in [0.15, 0.2) is 24.3 Å². The monoisotopic (exact) mass is 308 g/mol. The SMILES string of the molecule is CC1CCCC(CN)(CN(C)C(C)c2cccc(Cl)c2)C1. The van der Waals surface area contributed by atoms with E-state index >= 15 is 0 Å². The Hall–Kier alpha value is -0.570. The quantitative estimate of drug-likeness (QED) is 0.868. The van der Waals surface area contributed by atoms with E-state index in [1.807, 2.05) is 12.1 Å². The zero-order valence-electron chi connectivity index (χ0n) is 13.6. The molecule has 3 heteroatoms. The Kier molecular flexibility index (Phi) is 5.70. The molecule has 0 aromatic heterocycles. The molecule has 0 heterocycles. The highest BCUT2D eigenvalue weighted by Gasteiger charge is 2.35. The molecule has 0 spiro atoms. The van der Waals surface area contributed by atoms with Crippen molar-refractivity contribution < 1.29 is 0 Å². The second-order valence-corrected chi connectivity index (χ2v) is 7.49. The van der Waals surface area contributed by atoms with Gasteiger partial charge in [-0.15, -0.1) is 0 Å². The molecule has 2 rings (SSSR count). The number of benzene rings is 1. The lowest BCUT2D eigenvalue weighted by Crippen LogP contribution is -2.44. The van der Waals surface area contributed by atoms with Crippen molar-refractivity contribution in [3.63, 3.8) is 0 Å². The van der Waals surface area contributed by atoms with Gasteiger partial charge in [-0.1, -0.05) is 43.5 Å². The zero-order chi connectivity index (χ0) is 15.5. The Morgan fingerprint density at radius 1 is 1.48 bits per heavy atom. The third-order valence-electron chi connectivity index (χ3n) is 5.20. The van der Waals surface area contributed by atoms with Crippen LogP contribution in [-0.4, -0.2) is 25.0 Å². The van der Waals surface area contributed by atoms with Crippen molar-refractivity contribution in [2.75, 3.05) is 20.1 Å². The maximum atomic E-state index is 6.16. The van der Waals surface area contributed by atoms with Crippen LogP contribution in [0.3, 0.4) is 0 Å². The van der Waals surface area contributed by atoms with E-state index in [4.69, 9.17) is 17.3 Å². The van der Waals surface area contributed by atoms with Gasteiger partial charge in [-0.05, 0) is 62.4 Å².